The van der Waals surface area contributed by atoms with Crippen molar-refractivity contribution in [3.05, 3.63) is 12.3 Å². The second-order valence-corrected chi connectivity index (χ2v) is 4.83. The summed E-state index contributed by atoms with van der Waals surface area (Å²) >= 11 is 0. The molecule has 2 heteroatoms. The van der Waals surface area contributed by atoms with Gasteiger partial charge in [0.15, 0.2) is 0 Å². The van der Waals surface area contributed by atoms with E-state index in [-0.39, 0.29) is 0 Å². The molecule has 0 bridgehead atoms. The molecule has 2 atom stereocenters. The van der Waals surface area contributed by atoms with E-state index in [9.17, 15) is 0 Å². The van der Waals surface area contributed by atoms with E-state index in [1.165, 1.54) is 12.1 Å². The molecule has 90 valence electrons. The first-order valence-electron chi connectivity index (χ1n) is 6.11. The maximum Gasteiger partial charge on any atom is 0.0166 e. The monoisotopic (exact) mass is 212 g/mol. The van der Waals surface area contributed by atoms with Gasteiger partial charge in [-0.2, -0.15) is 0 Å². The Morgan fingerprint density at radius 2 is 1.87 bits per heavy atom. The number of hydrogen-bond donors (Lipinski definition) is 2. The van der Waals surface area contributed by atoms with Crippen molar-refractivity contribution in [1.82, 2.24) is 10.6 Å². The van der Waals surface area contributed by atoms with Gasteiger partial charge in [-0.05, 0) is 31.7 Å². The number of allylic oxidation sites excluding steroid dienone is 1. The van der Waals surface area contributed by atoms with Gasteiger partial charge in [0.1, 0.15) is 0 Å². The van der Waals surface area contributed by atoms with Crippen LogP contribution in [0, 0.1) is 11.8 Å². The van der Waals surface area contributed by atoms with E-state index >= 15 is 0 Å². The topological polar surface area (TPSA) is 24.1 Å². The molecular formula is C13H28N2. The molecule has 0 aromatic heterocycles. The van der Waals surface area contributed by atoms with E-state index in [4.69, 9.17) is 0 Å². The first kappa shape index (κ1) is 14.5. The molecule has 0 heterocycles. The zero-order valence-electron chi connectivity index (χ0n) is 11.1. The lowest BCUT2D eigenvalue weighted by atomic mass is 9.97. The molecule has 0 rings (SSSR count). The normalized spacial score (nSPS) is 15.1. The Morgan fingerprint density at radius 1 is 1.27 bits per heavy atom. The predicted molar refractivity (Wildman–Crippen MR) is 68.9 cm³/mol. The van der Waals surface area contributed by atoms with Gasteiger partial charge in [0.05, 0.1) is 0 Å². The Kier molecular flexibility index (Phi) is 7.49. The van der Waals surface area contributed by atoms with Crippen molar-refractivity contribution in [2.24, 2.45) is 11.8 Å². The van der Waals surface area contributed by atoms with Crippen LogP contribution in [-0.4, -0.2) is 19.6 Å². The van der Waals surface area contributed by atoms with Gasteiger partial charge in [0.2, 0.25) is 0 Å². The third-order valence-corrected chi connectivity index (χ3v) is 2.87. The highest BCUT2D eigenvalue weighted by atomic mass is 14.9. The number of hydrogen-bond acceptors (Lipinski definition) is 2. The molecule has 0 aliphatic heterocycles. The molecule has 0 fully saturated rings. The molecule has 0 saturated carbocycles. The first-order valence-corrected chi connectivity index (χ1v) is 6.11. The van der Waals surface area contributed by atoms with Crippen LogP contribution in [0.1, 0.15) is 40.5 Å². The highest BCUT2D eigenvalue weighted by Crippen LogP contribution is 2.14. The number of rotatable bonds is 8. The molecule has 0 saturated heterocycles. The van der Waals surface area contributed by atoms with Gasteiger partial charge in [-0.25, -0.2) is 0 Å². The Balaban J connectivity index is 3.87. The summed E-state index contributed by atoms with van der Waals surface area (Å²) in [5, 5.41) is 6.75. The third-order valence-electron chi connectivity index (χ3n) is 2.87. The molecule has 0 aromatic carbocycles. The molecule has 0 aliphatic carbocycles. The van der Waals surface area contributed by atoms with Gasteiger partial charge in [-0.3, -0.25) is 0 Å². The zero-order chi connectivity index (χ0) is 11.8. The number of nitrogens with one attached hydrogen (secondary N) is 2. The molecule has 2 N–H and O–H groups in total. The molecule has 2 unspecified atom stereocenters. The van der Waals surface area contributed by atoms with Crippen LogP contribution in [0.3, 0.4) is 0 Å². The molecular weight excluding hydrogens is 184 g/mol. The summed E-state index contributed by atoms with van der Waals surface area (Å²) in [4.78, 5) is 0. The first-order chi connectivity index (χ1) is 7.01. The minimum absolute atomic E-state index is 0.543. The van der Waals surface area contributed by atoms with Gasteiger partial charge >= 0.3 is 0 Å². The van der Waals surface area contributed by atoms with Crippen molar-refractivity contribution >= 4 is 0 Å². The van der Waals surface area contributed by atoms with Crippen molar-refractivity contribution in [2.75, 3.05) is 13.6 Å². The Labute approximate surface area is 95.5 Å². The van der Waals surface area contributed by atoms with E-state index in [1.807, 2.05) is 7.05 Å². The summed E-state index contributed by atoms with van der Waals surface area (Å²) in [5.41, 5.74) is 1.18. The molecule has 15 heavy (non-hydrogen) atoms. The molecule has 2 nitrogen and oxygen atoms in total. The predicted octanol–water partition coefficient (Wildman–Crippen LogP) is 2.77. The fourth-order valence-electron chi connectivity index (χ4n) is 1.57. The van der Waals surface area contributed by atoms with Crippen molar-refractivity contribution < 1.29 is 0 Å². The fraction of sp³-hybridized carbons (Fsp3) is 0.846. The lowest BCUT2D eigenvalue weighted by Crippen LogP contribution is -2.30. The quantitative estimate of drug-likeness (QED) is 0.646. The molecule has 0 amide bonds. The highest BCUT2D eigenvalue weighted by Gasteiger charge is 2.12. The van der Waals surface area contributed by atoms with E-state index in [1.54, 1.807) is 0 Å². The van der Waals surface area contributed by atoms with E-state index in [0.29, 0.717) is 17.9 Å². The van der Waals surface area contributed by atoms with E-state index in [0.717, 1.165) is 13.0 Å². The van der Waals surface area contributed by atoms with Gasteiger partial charge in [-0.1, -0.05) is 34.3 Å². The van der Waals surface area contributed by atoms with Crippen molar-refractivity contribution in [1.29, 1.82) is 0 Å². The summed E-state index contributed by atoms with van der Waals surface area (Å²) in [6, 6.07) is 0.609. The average molecular weight is 212 g/mol. The second kappa shape index (κ2) is 7.75. The molecule has 0 radical (unpaired) electrons. The van der Waals surface area contributed by atoms with Crippen molar-refractivity contribution in [3.8, 4) is 0 Å². The Hall–Kier alpha value is -0.500. The zero-order valence-corrected chi connectivity index (χ0v) is 11.1. The molecule has 0 aliphatic rings. The summed E-state index contributed by atoms with van der Waals surface area (Å²) < 4.78 is 0. The smallest absolute Gasteiger partial charge is 0.0166 e. The summed E-state index contributed by atoms with van der Waals surface area (Å²) in [6.07, 6.45) is 2.34. The largest absolute Gasteiger partial charge is 0.388 e. The van der Waals surface area contributed by atoms with Crippen LogP contribution in [0.25, 0.3) is 0 Å². The van der Waals surface area contributed by atoms with Gasteiger partial charge in [0, 0.05) is 18.3 Å². The maximum absolute atomic E-state index is 4.11. The Morgan fingerprint density at radius 3 is 2.27 bits per heavy atom. The standard InChI is InChI=1S/C13H28N2/c1-7-13(14-6)8-11(4)12(5)15-9-10(2)3/h10-11,13-15H,5,7-9H2,1-4,6H3. The summed E-state index contributed by atoms with van der Waals surface area (Å²) in [7, 11) is 2.03. The molecule has 0 aromatic rings. The SMILES string of the molecule is C=C(NCC(C)C)C(C)CC(CC)NC. The lowest BCUT2D eigenvalue weighted by molar-refractivity contribution is 0.427. The van der Waals surface area contributed by atoms with Crippen LogP contribution in [0.15, 0.2) is 12.3 Å². The lowest BCUT2D eigenvalue weighted by Gasteiger charge is -2.22. The van der Waals surface area contributed by atoms with Gasteiger partial charge in [-0.15, -0.1) is 0 Å². The minimum Gasteiger partial charge on any atom is -0.388 e. The van der Waals surface area contributed by atoms with Crippen LogP contribution in [-0.2, 0) is 0 Å². The van der Waals surface area contributed by atoms with Crippen LogP contribution >= 0.6 is 0 Å². The fourth-order valence-corrected chi connectivity index (χ4v) is 1.57. The van der Waals surface area contributed by atoms with Crippen molar-refractivity contribution in [3.63, 3.8) is 0 Å². The van der Waals surface area contributed by atoms with Crippen LogP contribution in [0.4, 0.5) is 0 Å². The van der Waals surface area contributed by atoms with Gasteiger partial charge < -0.3 is 10.6 Å². The van der Waals surface area contributed by atoms with Gasteiger partial charge in [0.25, 0.3) is 0 Å². The third kappa shape index (κ3) is 6.56. The maximum atomic E-state index is 4.11. The second-order valence-electron chi connectivity index (χ2n) is 4.83. The van der Waals surface area contributed by atoms with E-state index in [2.05, 4.69) is 44.9 Å². The minimum atomic E-state index is 0.543. The van der Waals surface area contributed by atoms with Crippen LogP contribution < -0.4 is 10.6 Å². The Bertz CT molecular complexity index is 171. The summed E-state index contributed by atoms with van der Waals surface area (Å²) in [6.45, 7) is 14.0. The van der Waals surface area contributed by atoms with E-state index < -0.39 is 0 Å². The van der Waals surface area contributed by atoms with Crippen LogP contribution in [0.5, 0.6) is 0 Å². The van der Waals surface area contributed by atoms with Crippen molar-refractivity contribution in [2.45, 2.75) is 46.6 Å². The average Bonchev–Trinajstić information content (AvgIpc) is 2.21. The highest BCUT2D eigenvalue weighted by molar-refractivity contribution is 4.97. The summed E-state index contributed by atoms with van der Waals surface area (Å²) in [5.74, 6) is 1.22. The molecule has 0 spiro atoms. The van der Waals surface area contributed by atoms with Crippen LogP contribution in [0.2, 0.25) is 0 Å².